The molecule has 1 aliphatic heterocycles. The molecular weight excluding hydrogens is 386 g/mol. The van der Waals surface area contributed by atoms with Crippen molar-refractivity contribution in [3.63, 3.8) is 0 Å². The third kappa shape index (κ3) is 6.59. The standard InChI is InChI=1S/C22H27N3O3S/c1-16-3-6-19(7-4-16)29-21-8-5-18(15-20(21)24-17(2)26)22(27)23-9-10-25-11-13-28-14-12-25/h3-8,15H,9-14H2,1-2H3,(H,23,27)(H,24,26). The lowest BCUT2D eigenvalue weighted by Crippen LogP contribution is -2.41. The van der Waals surface area contributed by atoms with E-state index in [1.165, 1.54) is 12.5 Å². The molecule has 7 heteroatoms. The van der Waals surface area contributed by atoms with Crippen LogP contribution < -0.4 is 10.6 Å². The van der Waals surface area contributed by atoms with Gasteiger partial charge in [-0.15, -0.1) is 0 Å². The van der Waals surface area contributed by atoms with Crippen molar-refractivity contribution >= 4 is 29.3 Å². The molecule has 0 unspecified atom stereocenters. The normalized spacial score (nSPS) is 14.4. The van der Waals surface area contributed by atoms with Crippen molar-refractivity contribution in [1.82, 2.24) is 10.2 Å². The van der Waals surface area contributed by atoms with Crippen LogP contribution >= 0.6 is 11.8 Å². The van der Waals surface area contributed by atoms with Crippen molar-refractivity contribution < 1.29 is 14.3 Å². The molecule has 2 amide bonds. The fourth-order valence-corrected chi connectivity index (χ4v) is 3.92. The third-order valence-electron chi connectivity index (χ3n) is 4.62. The lowest BCUT2D eigenvalue weighted by atomic mass is 10.2. The maximum absolute atomic E-state index is 12.6. The Bertz CT molecular complexity index is 849. The summed E-state index contributed by atoms with van der Waals surface area (Å²) in [4.78, 5) is 28.5. The number of carbonyl (C=O) groups is 2. The highest BCUT2D eigenvalue weighted by Gasteiger charge is 2.13. The first-order chi connectivity index (χ1) is 14.0. The average Bonchev–Trinajstić information content (AvgIpc) is 2.71. The van der Waals surface area contributed by atoms with Crippen molar-refractivity contribution in [2.45, 2.75) is 23.6 Å². The minimum atomic E-state index is -0.166. The SMILES string of the molecule is CC(=O)Nc1cc(C(=O)NCCN2CCOCC2)ccc1Sc1ccc(C)cc1. The number of ether oxygens (including phenoxy) is 1. The maximum atomic E-state index is 12.6. The molecule has 1 heterocycles. The highest BCUT2D eigenvalue weighted by Crippen LogP contribution is 2.34. The molecule has 3 rings (SSSR count). The molecule has 1 aliphatic rings. The number of nitrogens with zero attached hydrogens (tertiary/aromatic N) is 1. The molecule has 29 heavy (non-hydrogen) atoms. The van der Waals surface area contributed by atoms with E-state index in [9.17, 15) is 9.59 Å². The van der Waals surface area contributed by atoms with Crippen LogP contribution in [0.5, 0.6) is 0 Å². The van der Waals surface area contributed by atoms with Crippen molar-refractivity contribution in [3.05, 3.63) is 53.6 Å². The van der Waals surface area contributed by atoms with Crippen LogP contribution in [0.15, 0.2) is 52.3 Å². The molecule has 154 valence electrons. The fourth-order valence-electron chi connectivity index (χ4n) is 3.04. The van der Waals surface area contributed by atoms with Gasteiger partial charge in [-0.1, -0.05) is 29.5 Å². The lowest BCUT2D eigenvalue weighted by Gasteiger charge is -2.26. The molecule has 0 spiro atoms. The summed E-state index contributed by atoms with van der Waals surface area (Å²) < 4.78 is 5.34. The summed E-state index contributed by atoms with van der Waals surface area (Å²) in [7, 11) is 0. The second-order valence-electron chi connectivity index (χ2n) is 7.02. The van der Waals surface area contributed by atoms with Gasteiger partial charge in [0, 0.05) is 48.5 Å². The average molecular weight is 414 g/mol. The molecule has 2 aromatic rings. The molecule has 0 aromatic heterocycles. The van der Waals surface area contributed by atoms with Gasteiger partial charge in [-0.2, -0.15) is 0 Å². The molecule has 6 nitrogen and oxygen atoms in total. The zero-order valence-corrected chi connectivity index (χ0v) is 17.7. The van der Waals surface area contributed by atoms with Gasteiger partial charge in [-0.25, -0.2) is 0 Å². The van der Waals surface area contributed by atoms with Crippen molar-refractivity contribution in [3.8, 4) is 0 Å². The molecule has 0 bridgehead atoms. The fraction of sp³-hybridized carbons (Fsp3) is 0.364. The van der Waals surface area contributed by atoms with Gasteiger partial charge in [0.15, 0.2) is 0 Å². The van der Waals surface area contributed by atoms with Gasteiger partial charge >= 0.3 is 0 Å². The topological polar surface area (TPSA) is 70.7 Å². The number of carbonyl (C=O) groups excluding carboxylic acids is 2. The van der Waals surface area contributed by atoms with Crippen LogP contribution in [-0.2, 0) is 9.53 Å². The van der Waals surface area contributed by atoms with E-state index < -0.39 is 0 Å². The third-order valence-corrected chi connectivity index (χ3v) is 5.70. The molecular formula is C22H27N3O3S. The number of anilines is 1. The van der Waals surface area contributed by atoms with E-state index in [1.54, 1.807) is 23.9 Å². The number of hydrogen-bond acceptors (Lipinski definition) is 5. The van der Waals surface area contributed by atoms with Crippen LogP contribution in [0.3, 0.4) is 0 Å². The van der Waals surface area contributed by atoms with Crippen LogP contribution in [-0.4, -0.2) is 56.1 Å². The minimum Gasteiger partial charge on any atom is -0.379 e. The molecule has 0 radical (unpaired) electrons. The minimum absolute atomic E-state index is 0.142. The zero-order chi connectivity index (χ0) is 20.6. The number of aryl methyl sites for hydroxylation is 1. The van der Waals surface area contributed by atoms with E-state index in [0.29, 0.717) is 17.8 Å². The van der Waals surface area contributed by atoms with Crippen molar-refractivity contribution in [2.75, 3.05) is 44.7 Å². The van der Waals surface area contributed by atoms with Gasteiger partial charge in [-0.05, 0) is 37.3 Å². The van der Waals surface area contributed by atoms with E-state index in [-0.39, 0.29) is 11.8 Å². The van der Waals surface area contributed by atoms with E-state index in [4.69, 9.17) is 4.74 Å². The van der Waals surface area contributed by atoms with Crippen molar-refractivity contribution in [2.24, 2.45) is 0 Å². The number of hydrogen-bond donors (Lipinski definition) is 2. The van der Waals surface area contributed by atoms with Gasteiger partial charge in [0.2, 0.25) is 5.91 Å². The van der Waals surface area contributed by atoms with Gasteiger partial charge in [0.05, 0.1) is 18.9 Å². The first-order valence-corrected chi connectivity index (χ1v) is 10.6. The molecule has 0 saturated carbocycles. The van der Waals surface area contributed by atoms with E-state index >= 15 is 0 Å². The molecule has 0 atom stereocenters. The van der Waals surface area contributed by atoms with Crippen molar-refractivity contribution in [1.29, 1.82) is 0 Å². The van der Waals surface area contributed by atoms with E-state index in [0.717, 1.165) is 42.6 Å². The number of amides is 2. The Morgan fingerprint density at radius 3 is 2.52 bits per heavy atom. The van der Waals surface area contributed by atoms with Gasteiger partial charge < -0.3 is 15.4 Å². The summed E-state index contributed by atoms with van der Waals surface area (Å²) in [5.41, 5.74) is 2.37. The van der Waals surface area contributed by atoms with Gasteiger partial charge in [0.25, 0.3) is 5.91 Å². The summed E-state index contributed by atoms with van der Waals surface area (Å²) in [6.45, 7) is 8.17. The monoisotopic (exact) mass is 413 g/mol. The Kier molecular flexibility index (Phi) is 7.69. The zero-order valence-electron chi connectivity index (χ0n) is 16.9. The van der Waals surface area contributed by atoms with Crippen LogP contribution in [0.2, 0.25) is 0 Å². The maximum Gasteiger partial charge on any atom is 0.251 e. The van der Waals surface area contributed by atoms with Gasteiger partial charge in [-0.3, -0.25) is 14.5 Å². The summed E-state index contributed by atoms with van der Waals surface area (Å²) in [6.07, 6.45) is 0. The highest BCUT2D eigenvalue weighted by molar-refractivity contribution is 7.99. The Balaban J connectivity index is 1.66. The quantitative estimate of drug-likeness (QED) is 0.730. The lowest BCUT2D eigenvalue weighted by molar-refractivity contribution is -0.114. The summed E-state index contributed by atoms with van der Waals surface area (Å²) >= 11 is 1.56. The van der Waals surface area contributed by atoms with Crippen LogP contribution in [0.1, 0.15) is 22.8 Å². The van der Waals surface area contributed by atoms with Gasteiger partial charge in [0.1, 0.15) is 0 Å². The highest BCUT2D eigenvalue weighted by atomic mass is 32.2. The molecule has 2 N–H and O–H groups in total. The largest absolute Gasteiger partial charge is 0.379 e. The summed E-state index contributed by atoms with van der Waals surface area (Å²) in [5, 5.41) is 5.81. The Morgan fingerprint density at radius 1 is 1.10 bits per heavy atom. The number of morpholine rings is 1. The van der Waals surface area contributed by atoms with Crippen LogP contribution in [0, 0.1) is 6.92 Å². The van der Waals surface area contributed by atoms with Crippen LogP contribution in [0.25, 0.3) is 0 Å². The predicted molar refractivity (Wildman–Crippen MR) is 116 cm³/mol. The Labute approximate surface area is 176 Å². The molecule has 2 aromatic carbocycles. The van der Waals surface area contributed by atoms with E-state index in [2.05, 4.69) is 27.7 Å². The summed E-state index contributed by atoms with van der Waals surface area (Å²) in [6, 6.07) is 13.6. The molecule has 1 fully saturated rings. The predicted octanol–water partition coefficient (Wildman–Crippen LogP) is 3.17. The molecule has 0 aliphatic carbocycles. The number of nitrogens with one attached hydrogen (secondary N) is 2. The number of benzene rings is 2. The first-order valence-electron chi connectivity index (χ1n) is 9.76. The summed E-state index contributed by atoms with van der Waals surface area (Å²) in [5.74, 6) is -0.308. The first kappa shape index (κ1) is 21.4. The molecule has 1 saturated heterocycles. The Hall–Kier alpha value is -2.35. The number of rotatable bonds is 7. The second kappa shape index (κ2) is 10.4. The smallest absolute Gasteiger partial charge is 0.251 e. The van der Waals surface area contributed by atoms with E-state index in [1.807, 2.05) is 25.1 Å². The second-order valence-corrected chi connectivity index (χ2v) is 8.13. The van der Waals surface area contributed by atoms with Crippen LogP contribution in [0.4, 0.5) is 5.69 Å². The Morgan fingerprint density at radius 2 is 1.83 bits per heavy atom.